The summed E-state index contributed by atoms with van der Waals surface area (Å²) in [5, 5.41) is 0. The molecule has 2 rings (SSSR count). The second-order valence-electron chi connectivity index (χ2n) is 10.7. The van der Waals surface area contributed by atoms with Gasteiger partial charge in [-0.3, -0.25) is 0 Å². The molecule has 2 fully saturated rings. The highest BCUT2D eigenvalue weighted by Gasteiger charge is 2.46. The minimum absolute atomic E-state index is 0.877. The van der Waals surface area contributed by atoms with E-state index in [1.165, 1.54) is 44.9 Å². The molecule has 0 aromatic carbocycles. The van der Waals surface area contributed by atoms with E-state index < -0.39 is 0 Å². The summed E-state index contributed by atoms with van der Waals surface area (Å²) in [6.45, 7) is 14.6. The summed E-state index contributed by atoms with van der Waals surface area (Å²) in [6, 6.07) is 0. The molecule has 154 valence electrons. The fourth-order valence-electron chi connectivity index (χ4n) is 6.99. The molecule has 6 atom stereocenters. The monoisotopic (exact) mass is 362 g/mol. The highest BCUT2D eigenvalue weighted by molar-refractivity contribution is 4.95. The van der Waals surface area contributed by atoms with Crippen molar-refractivity contribution in [3.63, 3.8) is 0 Å². The van der Waals surface area contributed by atoms with Crippen molar-refractivity contribution in [2.45, 2.75) is 119 Å². The van der Waals surface area contributed by atoms with E-state index in [9.17, 15) is 0 Å². The summed E-state index contributed by atoms with van der Waals surface area (Å²) < 4.78 is 0. The van der Waals surface area contributed by atoms with Crippen molar-refractivity contribution in [3.8, 4) is 0 Å². The standard InChI is InChI=1S/C26H50/c1-7-10-21(11-8-2)17-22-13-15-24-20(6)16-25(26(24)18-22)23(9-3)14-12-19(4)5/h19-26H,7-18H2,1-6H3. The van der Waals surface area contributed by atoms with E-state index >= 15 is 0 Å². The lowest BCUT2D eigenvalue weighted by Gasteiger charge is -2.39. The van der Waals surface area contributed by atoms with Crippen LogP contribution in [0, 0.1) is 47.3 Å². The van der Waals surface area contributed by atoms with Gasteiger partial charge in [-0.25, -0.2) is 0 Å². The van der Waals surface area contributed by atoms with Gasteiger partial charge in [-0.05, 0) is 79.4 Å². The predicted octanol–water partition coefficient (Wildman–Crippen LogP) is 8.74. The molecule has 26 heavy (non-hydrogen) atoms. The Hall–Kier alpha value is 0. The van der Waals surface area contributed by atoms with Crippen molar-refractivity contribution >= 4 is 0 Å². The Morgan fingerprint density at radius 3 is 2.08 bits per heavy atom. The first-order valence-corrected chi connectivity index (χ1v) is 12.5. The number of hydrogen-bond acceptors (Lipinski definition) is 0. The number of hydrogen-bond donors (Lipinski definition) is 0. The molecular weight excluding hydrogens is 312 g/mol. The van der Waals surface area contributed by atoms with Gasteiger partial charge in [0.05, 0.1) is 0 Å². The fraction of sp³-hybridized carbons (Fsp3) is 1.00. The Morgan fingerprint density at radius 1 is 0.808 bits per heavy atom. The maximum Gasteiger partial charge on any atom is -0.0349 e. The Balaban J connectivity index is 1.98. The van der Waals surface area contributed by atoms with E-state index in [-0.39, 0.29) is 0 Å². The molecule has 0 N–H and O–H groups in total. The van der Waals surface area contributed by atoms with Gasteiger partial charge in [-0.2, -0.15) is 0 Å². The normalized spacial score (nSPS) is 33.0. The van der Waals surface area contributed by atoms with Gasteiger partial charge >= 0.3 is 0 Å². The largest absolute Gasteiger partial charge is 0.0654 e. The summed E-state index contributed by atoms with van der Waals surface area (Å²) in [4.78, 5) is 0. The van der Waals surface area contributed by atoms with Crippen LogP contribution >= 0.6 is 0 Å². The lowest BCUT2D eigenvalue weighted by atomic mass is 9.66. The molecular formula is C26H50. The third-order valence-corrected chi connectivity index (χ3v) is 8.29. The van der Waals surface area contributed by atoms with Crippen LogP contribution in [0.4, 0.5) is 0 Å². The van der Waals surface area contributed by atoms with E-state index in [1.54, 1.807) is 32.1 Å². The van der Waals surface area contributed by atoms with Crippen LogP contribution in [0.15, 0.2) is 0 Å². The topological polar surface area (TPSA) is 0 Å². The van der Waals surface area contributed by atoms with E-state index in [2.05, 4.69) is 41.5 Å². The molecule has 2 aliphatic rings. The molecule has 0 heterocycles. The maximum atomic E-state index is 2.59. The van der Waals surface area contributed by atoms with Crippen LogP contribution in [0.2, 0.25) is 0 Å². The van der Waals surface area contributed by atoms with Crippen molar-refractivity contribution in [2.24, 2.45) is 47.3 Å². The van der Waals surface area contributed by atoms with Crippen LogP contribution in [0.1, 0.15) is 119 Å². The molecule has 2 aliphatic carbocycles. The van der Waals surface area contributed by atoms with Crippen LogP contribution in [0.25, 0.3) is 0 Å². The van der Waals surface area contributed by atoms with E-state index in [0.717, 1.165) is 47.3 Å². The van der Waals surface area contributed by atoms with Gasteiger partial charge < -0.3 is 0 Å². The summed E-state index contributed by atoms with van der Waals surface area (Å²) in [5.41, 5.74) is 0. The summed E-state index contributed by atoms with van der Waals surface area (Å²) in [5.74, 6) is 8.15. The zero-order chi connectivity index (χ0) is 19.1. The second kappa shape index (κ2) is 11.1. The van der Waals surface area contributed by atoms with Crippen molar-refractivity contribution in [1.82, 2.24) is 0 Å². The minimum atomic E-state index is 0.877. The smallest absolute Gasteiger partial charge is 0.0349 e. The Morgan fingerprint density at radius 2 is 1.50 bits per heavy atom. The average molecular weight is 363 g/mol. The van der Waals surface area contributed by atoms with Crippen LogP contribution in [-0.2, 0) is 0 Å². The molecule has 0 nitrogen and oxygen atoms in total. The van der Waals surface area contributed by atoms with Crippen LogP contribution in [-0.4, -0.2) is 0 Å². The van der Waals surface area contributed by atoms with Crippen LogP contribution < -0.4 is 0 Å². The molecule has 0 aromatic rings. The highest BCUT2D eigenvalue weighted by Crippen LogP contribution is 2.55. The maximum absolute atomic E-state index is 2.59. The van der Waals surface area contributed by atoms with Gasteiger partial charge in [0.1, 0.15) is 0 Å². The fourth-order valence-corrected chi connectivity index (χ4v) is 6.99. The zero-order valence-electron chi connectivity index (χ0n) is 19.1. The molecule has 6 unspecified atom stereocenters. The van der Waals surface area contributed by atoms with Gasteiger partial charge in [0.15, 0.2) is 0 Å². The summed E-state index contributed by atoms with van der Waals surface area (Å²) >= 11 is 0. The Bertz CT molecular complexity index is 364. The molecule has 0 spiro atoms. The summed E-state index contributed by atoms with van der Waals surface area (Å²) in [6.07, 6.45) is 17.9. The molecule has 0 aliphatic heterocycles. The van der Waals surface area contributed by atoms with Crippen molar-refractivity contribution in [2.75, 3.05) is 0 Å². The predicted molar refractivity (Wildman–Crippen MR) is 117 cm³/mol. The van der Waals surface area contributed by atoms with Crippen molar-refractivity contribution in [3.05, 3.63) is 0 Å². The highest BCUT2D eigenvalue weighted by atomic mass is 14.5. The first kappa shape index (κ1) is 22.3. The van der Waals surface area contributed by atoms with E-state index in [0.29, 0.717) is 0 Å². The van der Waals surface area contributed by atoms with Gasteiger partial charge in [0, 0.05) is 0 Å². The second-order valence-corrected chi connectivity index (χ2v) is 10.7. The van der Waals surface area contributed by atoms with E-state index in [1.807, 2.05) is 0 Å². The lowest BCUT2D eigenvalue weighted by molar-refractivity contribution is 0.109. The third-order valence-electron chi connectivity index (χ3n) is 8.29. The average Bonchev–Trinajstić information content (AvgIpc) is 2.92. The van der Waals surface area contributed by atoms with E-state index in [4.69, 9.17) is 0 Å². The van der Waals surface area contributed by atoms with Crippen LogP contribution in [0.3, 0.4) is 0 Å². The molecule has 0 bridgehead atoms. The quantitative estimate of drug-likeness (QED) is 0.344. The van der Waals surface area contributed by atoms with Crippen molar-refractivity contribution in [1.29, 1.82) is 0 Å². The molecule has 0 heteroatoms. The SMILES string of the molecule is CCCC(CCC)CC1CCC2C(C)CC(C(CC)CCC(C)C)C2C1. The third kappa shape index (κ3) is 6.00. The van der Waals surface area contributed by atoms with Crippen molar-refractivity contribution < 1.29 is 0 Å². The number of rotatable bonds is 11. The molecule has 2 saturated carbocycles. The van der Waals surface area contributed by atoms with Gasteiger partial charge in [-0.15, -0.1) is 0 Å². The van der Waals surface area contributed by atoms with Gasteiger partial charge in [0.25, 0.3) is 0 Å². The first-order valence-electron chi connectivity index (χ1n) is 12.5. The zero-order valence-corrected chi connectivity index (χ0v) is 19.1. The molecule has 0 saturated heterocycles. The lowest BCUT2D eigenvalue weighted by Crippen LogP contribution is -2.30. The minimum Gasteiger partial charge on any atom is -0.0654 e. The number of fused-ring (bicyclic) bond motifs is 1. The Kier molecular flexibility index (Phi) is 9.53. The molecule has 0 amide bonds. The molecule has 0 radical (unpaired) electrons. The summed E-state index contributed by atoms with van der Waals surface area (Å²) in [7, 11) is 0. The molecule has 0 aromatic heterocycles. The Labute approximate surface area is 166 Å². The van der Waals surface area contributed by atoms with Gasteiger partial charge in [0.2, 0.25) is 0 Å². The van der Waals surface area contributed by atoms with Crippen LogP contribution in [0.5, 0.6) is 0 Å². The first-order chi connectivity index (χ1) is 12.5. The van der Waals surface area contributed by atoms with Gasteiger partial charge in [-0.1, -0.05) is 86.5 Å².